The van der Waals surface area contributed by atoms with Crippen LogP contribution in [0.15, 0.2) is 88.8 Å². The Labute approximate surface area is 194 Å². The molecule has 7 nitrogen and oxygen atoms in total. The van der Waals surface area contributed by atoms with Gasteiger partial charge in [-0.05, 0) is 53.4 Å². The van der Waals surface area contributed by atoms with Crippen molar-refractivity contribution in [1.29, 1.82) is 0 Å². The molecule has 1 aromatic heterocycles. The Hall–Kier alpha value is -3.91. The van der Waals surface area contributed by atoms with Gasteiger partial charge in [-0.15, -0.1) is 0 Å². The van der Waals surface area contributed by atoms with E-state index in [0.717, 1.165) is 5.56 Å². The van der Waals surface area contributed by atoms with Crippen LogP contribution in [0.3, 0.4) is 0 Å². The minimum Gasteiger partial charge on any atom is -0.457 e. The number of rotatable bonds is 4. The second kappa shape index (κ2) is 8.55. The van der Waals surface area contributed by atoms with Crippen molar-refractivity contribution in [2.75, 3.05) is 11.2 Å². The van der Waals surface area contributed by atoms with E-state index in [9.17, 15) is 9.59 Å². The van der Waals surface area contributed by atoms with Crippen molar-refractivity contribution in [3.63, 3.8) is 0 Å². The molecule has 3 aromatic carbocycles. The average molecular weight is 458 g/mol. The van der Waals surface area contributed by atoms with Crippen LogP contribution in [0.5, 0.6) is 11.5 Å². The van der Waals surface area contributed by atoms with Gasteiger partial charge in [0.15, 0.2) is 0 Å². The van der Waals surface area contributed by atoms with Crippen LogP contribution in [0, 0.1) is 0 Å². The highest BCUT2D eigenvalue weighted by Gasteiger charge is 2.44. The third kappa shape index (κ3) is 3.78. The number of ether oxygens (including phenoxy) is 1. The molecule has 8 heteroatoms. The minimum absolute atomic E-state index is 0.159. The summed E-state index contributed by atoms with van der Waals surface area (Å²) in [5.74, 6) is 1.17. The number of aromatic nitrogens is 3. The zero-order valence-corrected chi connectivity index (χ0v) is 18.9. The van der Waals surface area contributed by atoms with Gasteiger partial charge in [0.05, 0.1) is 11.3 Å². The van der Waals surface area contributed by atoms with Gasteiger partial charge in [-0.3, -0.25) is 14.6 Å². The highest BCUT2D eigenvalue weighted by atomic mass is 32.2. The Bertz CT molecular complexity index is 1400. The summed E-state index contributed by atoms with van der Waals surface area (Å²) in [5.41, 5.74) is 2.23. The van der Waals surface area contributed by atoms with E-state index < -0.39 is 6.17 Å². The van der Waals surface area contributed by atoms with Crippen molar-refractivity contribution < 1.29 is 14.2 Å². The standard InChI is InChI=1S/C25H20N4O3S/c1-16(30)28-21-14-7-6-13-20(21)22-23(31)26-25(33-2)27-29(22)24(28)17-9-8-12-19(15-17)32-18-10-4-3-5-11-18/h3-15,24H,1-2H3/p+1/t24-/m0/s1. The molecule has 0 saturated heterocycles. The molecule has 164 valence electrons. The Morgan fingerprint density at radius 1 is 1.03 bits per heavy atom. The normalized spacial score (nSPS) is 14.4. The number of para-hydroxylation sites is 2. The maximum atomic E-state index is 13.1. The molecule has 33 heavy (non-hydrogen) atoms. The van der Waals surface area contributed by atoms with Crippen LogP contribution in [0.1, 0.15) is 18.7 Å². The van der Waals surface area contributed by atoms with Gasteiger partial charge in [0, 0.05) is 17.6 Å². The predicted molar refractivity (Wildman–Crippen MR) is 127 cm³/mol. The molecule has 0 fully saturated rings. The summed E-state index contributed by atoms with van der Waals surface area (Å²) in [7, 11) is 0. The summed E-state index contributed by atoms with van der Waals surface area (Å²) in [6, 6.07) is 24.4. The first-order valence-corrected chi connectivity index (χ1v) is 11.6. The molecule has 0 saturated carbocycles. The molecule has 1 amide bonds. The molecule has 0 aliphatic carbocycles. The summed E-state index contributed by atoms with van der Waals surface area (Å²) < 4.78 is 7.66. The number of hydrogen-bond donors (Lipinski definition) is 1. The molecule has 0 bridgehead atoms. The summed E-state index contributed by atoms with van der Waals surface area (Å²) in [6.45, 7) is 1.52. The smallest absolute Gasteiger partial charge is 0.325 e. The third-order valence-electron chi connectivity index (χ3n) is 5.43. The van der Waals surface area contributed by atoms with Gasteiger partial charge in [0.1, 0.15) is 11.5 Å². The van der Waals surface area contributed by atoms with Crippen LogP contribution in [0.4, 0.5) is 5.69 Å². The summed E-state index contributed by atoms with van der Waals surface area (Å²) in [6.07, 6.45) is 1.19. The number of fused-ring (bicyclic) bond motifs is 3. The summed E-state index contributed by atoms with van der Waals surface area (Å²) in [5, 5.41) is 5.15. The average Bonchev–Trinajstić information content (AvgIpc) is 2.83. The summed E-state index contributed by atoms with van der Waals surface area (Å²) >= 11 is 1.33. The van der Waals surface area contributed by atoms with E-state index in [-0.39, 0.29) is 11.5 Å². The van der Waals surface area contributed by atoms with E-state index in [1.807, 2.05) is 85.1 Å². The van der Waals surface area contributed by atoms with Gasteiger partial charge in [0.2, 0.25) is 11.1 Å². The largest absolute Gasteiger partial charge is 0.457 e. The number of hydrogen-bond acceptors (Lipinski definition) is 5. The van der Waals surface area contributed by atoms with Crippen molar-refractivity contribution in [2.45, 2.75) is 18.2 Å². The number of carbonyl (C=O) groups is 1. The third-order valence-corrected chi connectivity index (χ3v) is 6.00. The second-order valence-corrected chi connectivity index (χ2v) is 8.32. The van der Waals surface area contributed by atoms with Crippen molar-refractivity contribution in [1.82, 2.24) is 10.1 Å². The molecular formula is C25H21N4O3S+. The van der Waals surface area contributed by atoms with E-state index in [0.29, 0.717) is 33.6 Å². The molecule has 4 aromatic rings. The molecule has 1 N–H and O–H groups in total. The molecule has 0 radical (unpaired) electrons. The maximum absolute atomic E-state index is 13.1. The van der Waals surface area contributed by atoms with Crippen LogP contribution in [-0.2, 0) is 4.79 Å². The first kappa shape index (κ1) is 21.0. The van der Waals surface area contributed by atoms with E-state index in [4.69, 9.17) is 4.74 Å². The Balaban J connectivity index is 1.72. The van der Waals surface area contributed by atoms with Gasteiger partial charge in [-0.1, -0.05) is 48.2 Å². The first-order chi connectivity index (χ1) is 16.1. The van der Waals surface area contributed by atoms with Gasteiger partial charge < -0.3 is 4.74 Å². The maximum Gasteiger partial charge on any atom is 0.325 e. The summed E-state index contributed by atoms with van der Waals surface area (Å²) in [4.78, 5) is 30.5. The number of carbonyl (C=O) groups excluding carboxylic acids is 1. The lowest BCUT2D eigenvalue weighted by Crippen LogP contribution is -2.60. The van der Waals surface area contributed by atoms with Gasteiger partial charge in [0.25, 0.3) is 6.17 Å². The number of nitrogens with one attached hydrogen (secondary N) is 1. The fourth-order valence-electron chi connectivity index (χ4n) is 4.07. The van der Waals surface area contributed by atoms with Crippen LogP contribution in [0.25, 0.3) is 11.3 Å². The van der Waals surface area contributed by atoms with E-state index in [2.05, 4.69) is 10.1 Å². The molecule has 2 heterocycles. The van der Waals surface area contributed by atoms with E-state index in [1.54, 1.807) is 9.58 Å². The lowest BCUT2D eigenvalue weighted by Gasteiger charge is -2.31. The minimum atomic E-state index is -0.653. The number of anilines is 1. The van der Waals surface area contributed by atoms with E-state index in [1.165, 1.54) is 18.7 Å². The second-order valence-electron chi connectivity index (χ2n) is 7.52. The monoisotopic (exact) mass is 457 g/mol. The van der Waals surface area contributed by atoms with Crippen LogP contribution < -0.4 is 19.9 Å². The van der Waals surface area contributed by atoms with Gasteiger partial charge in [-0.2, -0.15) is 0 Å². The number of H-pyrrole nitrogens is 1. The van der Waals surface area contributed by atoms with Crippen molar-refractivity contribution >= 4 is 23.4 Å². The topological polar surface area (TPSA) is 79.2 Å². The molecule has 1 aliphatic heterocycles. The number of benzene rings is 3. The van der Waals surface area contributed by atoms with Crippen LogP contribution >= 0.6 is 11.8 Å². The Morgan fingerprint density at radius 3 is 2.52 bits per heavy atom. The van der Waals surface area contributed by atoms with Crippen LogP contribution in [0.2, 0.25) is 0 Å². The Morgan fingerprint density at radius 2 is 1.76 bits per heavy atom. The lowest BCUT2D eigenvalue weighted by molar-refractivity contribution is -0.763. The number of nitrogens with zero attached hydrogens (tertiary/aromatic N) is 3. The van der Waals surface area contributed by atoms with E-state index >= 15 is 0 Å². The molecule has 5 rings (SSSR count). The van der Waals surface area contributed by atoms with Crippen molar-refractivity contribution in [2.24, 2.45) is 0 Å². The fraction of sp³-hybridized carbons (Fsp3) is 0.120. The van der Waals surface area contributed by atoms with Crippen LogP contribution in [-0.4, -0.2) is 22.2 Å². The predicted octanol–water partition coefficient (Wildman–Crippen LogP) is 4.15. The number of aromatic amines is 1. The zero-order valence-electron chi connectivity index (χ0n) is 18.1. The number of amides is 1. The molecule has 1 aliphatic rings. The fourth-order valence-corrected chi connectivity index (χ4v) is 4.43. The van der Waals surface area contributed by atoms with Crippen molar-refractivity contribution in [3.8, 4) is 22.8 Å². The highest BCUT2D eigenvalue weighted by molar-refractivity contribution is 7.98. The zero-order chi connectivity index (χ0) is 22.9. The Kier molecular flexibility index (Phi) is 5.43. The molecule has 1 atom stereocenters. The lowest BCUT2D eigenvalue weighted by atomic mass is 10.0. The van der Waals surface area contributed by atoms with Crippen molar-refractivity contribution in [3.05, 3.63) is 94.8 Å². The quantitative estimate of drug-likeness (QED) is 0.368. The number of thioether (sulfide) groups is 1. The SMILES string of the molecule is CSc1n[n+]2c(c(=O)[nH]1)-c1ccccc1N(C(C)=O)[C@@H]2c1cccc(Oc2ccccc2)c1. The van der Waals surface area contributed by atoms with Gasteiger partial charge in [-0.25, -0.2) is 4.90 Å². The molecule has 0 unspecified atom stereocenters. The highest BCUT2D eigenvalue weighted by Crippen LogP contribution is 2.38. The first-order valence-electron chi connectivity index (χ1n) is 10.4. The molecule has 0 spiro atoms. The van der Waals surface area contributed by atoms with Gasteiger partial charge >= 0.3 is 11.3 Å². The molecular weight excluding hydrogens is 436 g/mol.